The smallest absolute Gasteiger partial charge is 0.200 e. The average Bonchev–Trinajstić information content (AvgIpc) is 2.93. The quantitative estimate of drug-likeness (QED) is 0.225. The van der Waals surface area contributed by atoms with Crippen molar-refractivity contribution in [2.24, 2.45) is 11.3 Å². The van der Waals surface area contributed by atoms with Crippen LogP contribution >= 0.6 is 0 Å². The topological polar surface area (TPSA) is 18.5 Å². The van der Waals surface area contributed by atoms with E-state index in [0.29, 0.717) is 5.92 Å². The lowest BCUT2D eigenvalue weighted by Gasteiger charge is -2.30. The van der Waals surface area contributed by atoms with Gasteiger partial charge in [-0.05, 0) is 58.9 Å². The summed E-state index contributed by atoms with van der Waals surface area (Å²) in [6.07, 6.45) is 9.56. The van der Waals surface area contributed by atoms with Gasteiger partial charge in [-0.15, -0.1) is 0 Å². The Morgan fingerprint density at radius 1 is 0.737 bits per heavy atom. The van der Waals surface area contributed by atoms with Gasteiger partial charge in [-0.3, -0.25) is 0 Å². The van der Waals surface area contributed by atoms with Gasteiger partial charge in [-0.2, -0.15) is 0 Å². The molecular formula is C36H48O2. The second kappa shape index (κ2) is 14.0. The molecule has 2 atom stereocenters. The molecule has 204 valence electrons. The van der Waals surface area contributed by atoms with E-state index in [1.165, 1.54) is 48.8 Å². The van der Waals surface area contributed by atoms with E-state index in [1.807, 2.05) is 0 Å². The van der Waals surface area contributed by atoms with E-state index in [9.17, 15) is 0 Å². The van der Waals surface area contributed by atoms with Crippen molar-refractivity contribution in [3.8, 4) is 5.75 Å². The van der Waals surface area contributed by atoms with E-state index >= 15 is 0 Å². The summed E-state index contributed by atoms with van der Waals surface area (Å²) in [7, 11) is 0. The van der Waals surface area contributed by atoms with Crippen molar-refractivity contribution in [3.63, 3.8) is 0 Å². The van der Waals surface area contributed by atoms with Crippen LogP contribution in [0.25, 0.3) is 0 Å². The van der Waals surface area contributed by atoms with Crippen LogP contribution in [0.5, 0.6) is 5.75 Å². The summed E-state index contributed by atoms with van der Waals surface area (Å²) in [5, 5.41) is 0. The van der Waals surface area contributed by atoms with Gasteiger partial charge in [0.1, 0.15) is 5.75 Å². The minimum atomic E-state index is -0.306. The Bertz CT molecular complexity index is 1010. The van der Waals surface area contributed by atoms with Crippen LogP contribution in [0.3, 0.4) is 0 Å². The summed E-state index contributed by atoms with van der Waals surface area (Å²) >= 11 is 0. The number of rotatable bonds is 12. The fraction of sp³-hybridized carbons (Fsp3) is 0.500. The second-order valence-corrected chi connectivity index (χ2v) is 12.2. The average molecular weight is 513 g/mol. The molecular weight excluding hydrogens is 464 g/mol. The first-order valence-corrected chi connectivity index (χ1v) is 14.9. The molecule has 4 rings (SSSR count). The molecule has 0 radical (unpaired) electrons. The molecule has 0 saturated heterocycles. The molecule has 3 aromatic carbocycles. The highest BCUT2D eigenvalue weighted by atomic mass is 16.7. The van der Waals surface area contributed by atoms with Gasteiger partial charge in [0.2, 0.25) is 6.29 Å². The Labute approximate surface area is 231 Å². The Hall–Kier alpha value is -2.58. The molecule has 1 aliphatic carbocycles. The van der Waals surface area contributed by atoms with E-state index in [2.05, 4.69) is 113 Å². The maximum absolute atomic E-state index is 6.61. The van der Waals surface area contributed by atoms with Gasteiger partial charge < -0.3 is 9.47 Å². The molecule has 2 nitrogen and oxygen atoms in total. The number of hydrogen-bond acceptors (Lipinski definition) is 2. The molecule has 38 heavy (non-hydrogen) atoms. The molecule has 2 heteroatoms. The monoisotopic (exact) mass is 512 g/mol. The molecule has 1 saturated carbocycles. The molecule has 2 unspecified atom stereocenters. The standard InChI is InChI=1S/C36H48O2/c1-5-34(36(2,3)4)31-21-23-32(24-22-31)38-35(37-26-25-28-15-9-6-10-16-28)27-33(29-17-11-7-12-18-29)30-19-13-8-14-20-30/h7-8,11-14,17-24,28,33-35H,5-6,9-10,15-16,25-27H2,1-4H3. The van der Waals surface area contributed by atoms with E-state index < -0.39 is 0 Å². The molecule has 0 spiro atoms. The fourth-order valence-corrected chi connectivity index (χ4v) is 6.30. The third kappa shape index (κ3) is 8.21. The molecule has 3 aromatic rings. The van der Waals surface area contributed by atoms with Crippen LogP contribution in [0.1, 0.15) is 108 Å². The summed E-state index contributed by atoms with van der Waals surface area (Å²) in [5.74, 6) is 2.42. The van der Waals surface area contributed by atoms with Crippen molar-refractivity contribution >= 4 is 0 Å². The van der Waals surface area contributed by atoms with E-state index in [0.717, 1.165) is 37.5 Å². The summed E-state index contributed by atoms with van der Waals surface area (Å²) < 4.78 is 13.2. The van der Waals surface area contributed by atoms with Gasteiger partial charge in [0.25, 0.3) is 0 Å². The van der Waals surface area contributed by atoms with E-state index in [1.54, 1.807) is 0 Å². The lowest BCUT2D eigenvalue weighted by molar-refractivity contribution is -0.0904. The zero-order valence-electron chi connectivity index (χ0n) is 24.1. The Morgan fingerprint density at radius 3 is 1.84 bits per heavy atom. The van der Waals surface area contributed by atoms with Gasteiger partial charge >= 0.3 is 0 Å². The van der Waals surface area contributed by atoms with E-state index in [4.69, 9.17) is 9.47 Å². The van der Waals surface area contributed by atoms with Crippen LogP contribution in [0.2, 0.25) is 0 Å². The highest BCUT2D eigenvalue weighted by Crippen LogP contribution is 2.38. The second-order valence-electron chi connectivity index (χ2n) is 12.2. The van der Waals surface area contributed by atoms with Crippen LogP contribution in [0.4, 0.5) is 0 Å². The molecule has 0 aliphatic heterocycles. The van der Waals surface area contributed by atoms with E-state index in [-0.39, 0.29) is 17.6 Å². The summed E-state index contributed by atoms with van der Waals surface area (Å²) in [5.41, 5.74) is 4.22. The third-order valence-electron chi connectivity index (χ3n) is 8.39. The van der Waals surface area contributed by atoms with Crippen LogP contribution in [0, 0.1) is 11.3 Å². The van der Waals surface area contributed by atoms with Crippen molar-refractivity contribution in [2.75, 3.05) is 6.61 Å². The number of ether oxygens (including phenoxy) is 2. The Balaban J connectivity index is 1.52. The first-order valence-electron chi connectivity index (χ1n) is 14.9. The van der Waals surface area contributed by atoms with Crippen molar-refractivity contribution in [1.82, 2.24) is 0 Å². The highest BCUT2D eigenvalue weighted by molar-refractivity contribution is 5.33. The van der Waals surface area contributed by atoms with Crippen LogP contribution in [-0.4, -0.2) is 12.9 Å². The van der Waals surface area contributed by atoms with Gasteiger partial charge in [0.15, 0.2) is 0 Å². The molecule has 0 amide bonds. The molecule has 0 N–H and O–H groups in total. The van der Waals surface area contributed by atoms with Crippen molar-refractivity contribution < 1.29 is 9.47 Å². The molecule has 1 fully saturated rings. The lowest BCUT2D eigenvalue weighted by atomic mass is 9.75. The van der Waals surface area contributed by atoms with Crippen molar-refractivity contribution in [1.29, 1.82) is 0 Å². The third-order valence-corrected chi connectivity index (χ3v) is 8.39. The summed E-state index contributed by atoms with van der Waals surface area (Å²) in [6, 6.07) is 30.4. The number of hydrogen-bond donors (Lipinski definition) is 0. The summed E-state index contributed by atoms with van der Waals surface area (Å²) in [4.78, 5) is 0. The first-order chi connectivity index (χ1) is 18.4. The highest BCUT2D eigenvalue weighted by Gasteiger charge is 2.26. The molecule has 1 aliphatic rings. The maximum atomic E-state index is 6.61. The van der Waals surface area contributed by atoms with Gasteiger partial charge in [0.05, 0.1) is 6.61 Å². The zero-order chi connectivity index (χ0) is 26.8. The zero-order valence-corrected chi connectivity index (χ0v) is 24.1. The first kappa shape index (κ1) is 28.4. The van der Waals surface area contributed by atoms with Crippen molar-refractivity contribution in [2.45, 2.75) is 97.2 Å². The summed E-state index contributed by atoms with van der Waals surface area (Å²) in [6.45, 7) is 10.0. The minimum absolute atomic E-state index is 0.210. The minimum Gasteiger partial charge on any atom is -0.465 e. The Kier molecular flexibility index (Phi) is 10.5. The normalized spacial score (nSPS) is 16.3. The maximum Gasteiger partial charge on any atom is 0.200 e. The van der Waals surface area contributed by atoms with Crippen LogP contribution < -0.4 is 4.74 Å². The van der Waals surface area contributed by atoms with Crippen LogP contribution in [-0.2, 0) is 4.74 Å². The largest absolute Gasteiger partial charge is 0.465 e. The van der Waals surface area contributed by atoms with Crippen LogP contribution in [0.15, 0.2) is 84.9 Å². The van der Waals surface area contributed by atoms with Gasteiger partial charge in [0, 0.05) is 12.3 Å². The van der Waals surface area contributed by atoms with Crippen molar-refractivity contribution in [3.05, 3.63) is 102 Å². The van der Waals surface area contributed by atoms with Gasteiger partial charge in [-0.1, -0.05) is 133 Å². The predicted molar refractivity (Wildman–Crippen MR) is 160 cm³/mol. The molecule has 0 bridgehead atoms. The predicted octanol–water partition coefficient (Wildman–Crippen LogP) is 10.1. The van der Waals surface area contributed by atoms with Gasteiger partial charge in [-0.25, -0.2) is 0 Å². The molecule has 0 heterocycles. The fourth-order valence-electron chi connectivity index (χ4n) is 6.30. The Morgan fingerprint density at radius 2 is 1.32 bits per heavy atom. The molecule has 0 aromatic heterocycles. The lowest BCUT2D eigenvalue weighted by Crippen LogP contribution is -2.25. The number of benzene rings is 3. The SMILES string of the molecule is CCC(c1ccc(OC(CC(c2ccccc2)c2ccccc2)OCCC2CCCCC2)cc1)C(C)(C)C.